The van der Waals surface area contributed by atoms with Crippen LogP contribution in [0.25, 0.3) is 0 Å². The molecular weight excluding hydrogens is 546 g/mol. The highest BCUT2D eigenvalue weighted by atomic mass is 14.5. The Hall–Kier alpha value is -0.120. The first-order chi connectivity index (χ1) is 22.2. The Kier molecular flexibility index (Phi) is 58.4. The average molecular weight is 640 g/mol. The fraction of sp³-hybridized carbons (Fsp3) is 1.00. The zero-order valence-corrected chi connectivity index (χ0v) is 32.3. The summed E-state index contributed by atoms with van der Waals surface area (Å²) in [6.45, 7) is 9.45. The van der Waals surface area contributed by atoms with E-state index in [0.717, 1.165) is 19.6 Å². The van der Waals surface area contributed by atoms with E-state index in [2.05, 4.69) is 20.8 Å². The molecule has 0 aliphatic carbocycles. The van der Waals surface area contributed by atoms with E-state index >= 15 is 0 Å². The molecule has 0 spiro atoms. The van der Waals surface area contributed by atoms with E-state index in [0.29, 0.717) is 0 Å². The van der Waals surface area contributed by atoms with Gasteiger partial charge in [-0.05, 0) is 38.9 Å². The normalized spacial score (nSPS) is 10.8. The SMILES string of the molecule is CCCCCCCCCCCCCCCCN.CCCCCCCCCCCCCCN.CCCCCCCCCCCCN. The molecule has 45 heavy (non-hydrogen) atoms. The van der Waals surface area contributed by atoms with Crippen molar-refractivity contribution >= 4 is 0 Å². The van der Waals surface area contributed by atoms with Crippen molar-refractivity contribution in [2.45, 2.75) is 252 Å². The highest BCUT2D eigenvalue weighted by Gasteiger charge is 1.95. The van der Waals surface area contributed by atoms with Crippen LogP contribution >= 0.6 is 0 Å². The number of unbranched alkanes of at least 4 members (excludes halogenated alkanes) is 33. The minimum Gasteiger partial charge on any atom is -0.330 e. The Morgan fingerprint density at radius 2 is 0.289 bits per heavy atom. The van der Waals surface area contributed by atoms with Crippen LogP contribution in [-0.4, -0.2) is 19.6 Å². The second-order valence-electron chi connectivity index (χ2n) is 14.0. The summed E-state index contributed by atoms with van der Waals surface area (Å²) in [6, 6.07) is 0. The number of rotatable bonds is 36. The fourth-order valence-electron chi connectivity index (χ4n) is 5.96. The summed E-state index contributed by atoms with van der Waals surface area (Å²) in [6.07, 6.45) is 50.7. The van der Waals surface area contributed by atoms with Gasteiger partial charge in [-0.1, -0.05) is 233 Å². The Bertz CT molecular complexity index is 392. The van der Waals surface area contributed by atoms with Crippen molar-refractivity contribution in [3.8, 4) is 0 Å². The zero-order valence-electron chi connectivity index (χ0n) is 32.3. The predicted octanol–water partition coefficient (Wildman–Crippen LogP) is 13.9. The summed E-state index contributed by atoms with van der Waals surface area (Å²) in [5, 5.41) is 0. The minimum atomic E-state index is 0.872. The highest BCUT2D eigenvalue weighted by molar-refractivity contribution is 4.51. The van der Waals surface area contributed by atoms with Gasteiger partial charge in [-0.15, -0.1) is 0 Å². The molecule has 3 nitrogen and oxygen atoms in total. The lowest BCUT2D eigenvalue weighted by Crippen LogP contribution is -1.97. The van der Waals surface area contributed by atoms with Gasteiger partial charge in [0.05, 0.1) is 0 Å². The third-order valence-corrected chi connectivity index (χ3v) is 9.17. The van der Waals surface area contributed by atoms with Gasteiger partial charge >= 0.3 is 0 Å². The van der Waals surface area contributed by atoms with Gasteiger partial charge in [-0.3, -0.25) is 0 Å². The van der Waals surface area contributed by atoms with Crippen LogP contribution in [0.4, 0.5) is 0 Å². The third kappa shape index (κ3) is 59.8. The largest absolute Gasteiger partial charge is 0.330 e. The zero-order chi connectivity index (χ0) is 33.6. The first-order valence-electron chi connectivity index (χ1n) is 21.3. The molecule has 0 fully saturated rings. The number of hydrogen-bond donors (Lipinski definition) is 3. The van der Waals surface area contributed by atoms with E-state index < -0.39 is 0 Å². The molecule has 0 unspecified atom stereocenters. The van der Waals surface area contributed by atoms with E-state index in [1.165, 1.54) is 231 Å². The monoisotopic (exact) mass is 640 g/mol. The lowest BCUT2D eigenvalue weighted by Gasteiger charge is -2.02. The molecule has 6 N–H and O–H groups in total. The van der Waals surface area contributed by atoms with Gasteiger partial charge in [0.1, 0.15) is 0 Å². The number of hydrogen-bond acceptors (Lipinski definition) is 3. The Balaban J connectivity index is -0.000000593. The van der Waals surface area contributed by atoms with Gasteiger partial charge in [-0.25, -0.2) is 0 Å². The van der Waals surface area contributed by atoms with Crippen molar-refractivity contribution in [1.82, 2.24) is 0 Å². The summed E-state index contributed by atoms with van der Waals surface area (Å²) in [5.41, 5.74) is 16.3. The molecule has 276 valence electrons. The maximum atomic E-state index is 5.47. The smallest absolute Gasteiger partial charge is 0.00773 e. The molecule has 0 aromatic rings. The lowest BCUT2D eigenvalue weighted by atomic mass is 10.0. The van der Waals surface area contributed by atoms with E-state index in [9.17, 15) is 0 Å². The third-order valence-electron chi connectivity index (χ3n) is 9.17. The van der Waals surface area contributed by atoms with Crippen LogP contribution in [0.15, 0.2) is 0 Å². The Morgan fingerprint density at radius 1 is 0.178 bits per heavy atom. The average Bonchev–Trinajstić information content (AvgIpc) is 3.06. The molecule has 3 heteroatoms. The van der Waals surface area contributed by atoms with Crippen LogP contribution in [0.3, 0.4) is 0 Å². The topological polar surface area (TPSA) is 78.1 Å². The van der Waals surface area contributed by atoms with Crippen LogP contribution in [0, 0.1) is 0 Å². The van der Waals surface area contributed by atoms with Gasteiger partial charge in [0.15, 0.2) is 0 Å². The highest BCUT2D eigenvalue weighted by Crippen LogP contribution is 2.14. The molecule has 0 atom stereocenters. The fourth-order valence-corrected chi connectivity index (χ4v) is 5.96. The molecule has 0 heterocycles. The molecule has 0 saturated heterocycles. The minimum absolute atomic E-state index is 0.872. The van der Waals surface area contributed by atoms with Gasteiger partial charge < -0.3 is 17.2 Å². The summed E-state index contributed by atoms with van der Waals surface area (Å²) in [7, 11) is 0. The molecule has 0 aromatic carbocycles. The first kappa shape index (κ1) is 49.3. The van der Waals surface area contributed by atoms with Crippen LogP contribution in [0.1, 0.15) is 252 Å². The molecule has 0 aromatic heterocycles. The maximum Gasteiger partial charge on any atom is -0.00773 e. The predicted molar refractivity (Wildman–Crippen MR) is 210 cm³/mol. The van der Waals surface area contributed by atoms with E-state index in [1.807, 2.05) is 0 Å². The van der Waals surface area contributed by atoms with Gasteiger partial charge in [0.2, 0.25) is 0 Å². The quantitative estimate of drug-likeness (QED) is 0.0597. The summed E-state index contributed by atoms with van der Waals surface area (Å²) in [5.74, 6) is 0. The van der Waals surface area contributed by atoms with Gasteiger partial charge in [0, 0.05) is 0 Å². The van der Waals surface area contributed by atoms with Crippen molar-refractivity contribution in [3.05, 3.63) is 0 Å². The Labute approximate surface area is 288 Å². The molecule has 0 aliphatic heterocycles. The standard InChI is InChI=1S/C16H35N.C14H31N.C12H27N/c1-2-3-4-5-6-7-8-9-10-11-12-13-14-15-16-17;1-2-3-4-5-6-7-8-9-10-11-12-13-14-15;1-2-3-4-5-6-7-8-9-10-11-12-13/h2-17H2,1H3;2-15H2,1H3;2-13H2,1H3. The van der Waals surface area contributed by atoms with E-state index in [1.54, 1.807) is 0 Å². The summed E-state index contributed by atoms with van der Waals surface area (Å²) in [4.78, 5) is 0. The molecular formula is C42H93N3. The second-order valence-corrected chi connectivity index (χ2v) is 14.0. The second kappa shape index (κ2) is 53.4. The van der Waals surface area contributed by atoms with E-state index in [-0.39, 0.29) is 0 Å². The summed E-state index contributed by atoms with van der Waals surface area (Å²) < 4.78 is 0. The van der Waals surface area contributed by atoms with Crippen molar-refractivity contribution in [1.29, 1.82) is 0 Å². The van der Waals surface area contributed by atoms with Crippen molar-refractivity contribution in [3.63, 3.8) is 0 Å². The van der Waals surface area contributed by atoms with Gasteiger partial charge in [0.25, 0.3) is 0 Å². The van der Waals surface area contributed by atoms with Crippen molar-refractivity contribution < 1.29 is 0 Å². The van der Waals surface area contributed by atoms with Crippen LogP contribution in [0.5, 0.6) is 0 Å². The Morgan fingerprint density at radius 3 is 0.400 bits per heavy atom. The molecule has 0 amide bonds. The van der Waals surface area contributed by atoms with Crippen molar-refractivity contribution in [2.24, 2.45) is 17.2 Å². The molecule has 0 aliphatic rings. The molecule has 0 rings (SSSR count). The molecule has 0 radical (unpaired) electrons. The van der Waals surface area contributed by atoms with Crippen LogP contribution in [-0.2, 0) is 0 Å². The summed E-state index contributed by atoms with van der Waals surface area (Å²) >= 11 is 0. The lowest BCUT2D eigenvalue weighted by molar-refractivity contribution is 0.536. The molecule has 0 bridgehead atoms. The maximum absolute atomic E-state index is 5.47. The van der Waals surface area contributed by atoms with Crippen molar-refractivity contribution in [2.75, 3.05) is 19.6 Å². The van der Waals surface area contributed by atoms with Crippen LogP contribution < -0.4 is 17.2 Å². The number of nitrogens with two attached hydrogens (primary N) is 3. The molecule has 0 saturated carbocycles. The van der Waals surface area contributed by atoms with E-state index in [4.69, 9.17) is 17.2 Å². The first-order valence-corrected chi connectivity index (χ1v) is 21.3. The van der Waals surface area contributed by atoms with Crippen LogP contribution in [0.2, 0.25) is 0 Å². The van der Waals surface area contributed by atoms with Gasteiger partial charge in [-0.2, -0.15) is 0 Å².